The van der Waals surface area contributed by atoms with Crippen LogP contribution in [-0.4, -0.2) is 21.2 Å². The molecular formula is C14H13NO3S. The number of aryl methyl sites for hydroxylation is 1. The van der Waals surface area contributed by atoms with Crippen molar-refractivity contribution in [1.29, 1.82) is 0 Å². The van der Waals surface area contributed by atoms with Crippen LogP contribution < -0.4 is 0 Å². The minimum absolute atomic E-state index is 0.0641. The number of thiophene rings is 1. The van der Waals surface area contributed by atoms with Crippen LogP contribution >= 0.6 is 11.3 Å². The second-order valence-electron chi connectivity index (χ2n) is 4.08. The van der Waals surface area contributed by atoms with Crippen LogP contribution in [0, 0.1) is 6.92 Å². The second-order valence-corrected chi connectivity index (χ2v) is 5.20. The molecule has 1 unspecified atom stereocenters. The first-order valence-corrected chi connectivity index (χ1v) is 6.54. The summed E-state index contributed by atoms with van der Waals surface area (Å²) in [5, 5.41) is 21.2. The summed E-state index contributed by atoms with van der Waals surface area (Å²) < 4.78 is 0. The lowest BCUT2D eigenvalue weighted by molar-refractivity contribution is -0.133. The van der Waals surface area contributed by atoms with Crippen LogP contribution in [-0.2, 0) is 4.79 Å². The number of aliphatic hydroxyl groups is 1. The monoisotopic (exact) mass is 275 g/mol. The average molecular weight is 275 g/mol. The molecule has 0 aliphatic heterocycles. The van der Waals surface area contributed by atoms with Crippen LogP contribution in [0.25, 0.3) is 6.08 Å². The lowest BCUT2D eigenvalue weighted by Crippen LogP contribution is -2.10. The maximum absolute atomic E-state index is 11.3. The molecule has 2 rings (SSSR count). The number of aliphatic hydroxyl groups excluding tert-OH is 1. The van der Waals surface area contributed by atoms with Gasteiger partial charge >= 0.3 is 5.97 Å². The number of hydrogen-bond acceptors (Lipinski definition) is 4. The van der Waals surface area contributed by atoms with Gasteiger partial charge in [0.2, 0.25) is 0 Å². The topological polar surface area (TPSA) is 70.4 Å². The quantitative estimate of drug-likeness (QED) is 0.842. The van der Waals surface area contributed by atoms with E-state index in [-0.39, 0.29) is 5.57 Å². The van der Waals surface area contributed by atoms with Crippen LogP contribution in [0.5, 0.6) is 0 Å². The molecule has 4 nitrogen and oxygen atoms in total. The summed E-state index contributed by atoms with van der Waals surface area (Å²) in [5.74, 6) is -1.14. The molecule has 0 amide bonds. The molecule has 2 N–H and O–H groups in total. The van der Waals surface area contributed by atoms with Gasteiger partial charge < -0.3 is 10.2 Å². The Balaban J connectivity index is 2.36. The van der Waals surface area contributed by atoms with E-state index >= 15 is 0 Å². The molecule has 98 valence electrons. The van der Waals surface area contributed by atoms with Gasteiger partial charge in [-0.2, -0.15) is 0 Å². The zero-order valence-electron chi connectivity index (χ0n) is 10.3. The Hall–Kier alpha value is -1.98. The molecule has 0 fully saturated rings. The van der Waals surface area contributed by atoms with E-state index < -0.39 is 12.1 Å². The molecule has 0 saturated carbocycles. The number of nitrogens with zero attached hydrogens (tertiary/aromatic N) is 1. The number of carboxylic acid groups (broad SMARTS) is 1. The number of carbonyl (C=O) groups is 1. The van der Waals surface area contributed by atoms with Crippen LogP contribution in [0.1, 0.15) is 22.1 Å². The number of aliphatic carboxylic acids is 1. The van der Waals surface area contributed by atoms with Crippen molar-refractivity contribution in [3.63, 3.8) is 0 Å². The summed E-state index contributed by atoms with van der Waals surface area (Å²) in [6.45, 7) is 1.94. The van der Waals surface area contributed by atoms with E-state index in [4.69, 9.17) is 0 Å². The van der Waals surface area contributed by atoms with Crippen LogP contribution in [0.15, 0.2) is 41.5 Å². The summed E-state index contributed by atoms with van der Waals surface area (Å²) in [6.07, 6.45) is 3.33. The standard InChI is InChI=1S/C14H13NO3S/c1-9-5-10(8-19-9)6-12(14(17)18)13(16)11-3-2-4-15-7-11/h2-8,13,16H,1H3,(H,17,18). The number of carboxylic acids is 1. The Labute approximate surface area is 114 Å². The van der Waals surface area contributed by atoms with Gasteiger partial charge in [0, 0.05) is 22.8 Å². The van der Waals surface area contributed by atoms with E-state index in [9.17, 15) is 15.0 Å². The number of hydrogen-bond donors (Lipinski definition) is 2. The molecule has 2 aromatic heterocycles. The summed E-state index contributed by atoms with van der Waals surface area (Å²) in [6, 6.07) is 5.18. The highest BCUT2D eigenvalue weighted by Gasteiger charge is 2.20. The SMILES string of the molecule is Cc1cc(C=C(C(=O)O)C(O)c2cccnc2)cs1. The van der Waals surface area contributed by atoms with Crippen molar-refractivity contribution < 1.29 is 15.0 Å². The van der Waals surface area contributed by atoms with Gasteiger partial charge in [-0.05, 0) is 36.1 Å². The lowest BCUT2D eigenvalue weighted by atomic mass is 10.0. The van der Waals surface area contributed by atoms with Crippen molar-refractivity contribution in [3.05, 3.63) is 57.6 Å². The van der Waals surface area contributed by atoms with E-state index in [1.54, 1.807) is 18.3 Å². The van der Waals surface area contributed by atoms with Crippen LogP contribution in [0.4, 0.5) is 0 Å². The molecule has 0 aliphatic rings. The minimum atomic E-state index is -1.19. The third kappa shape index (κ3) is 3.27. The Morgan fingerprint density at radius 3 is 2.84 bits per heavy atom. The average Bonchev–Trinajstić information content (AvgIpc) is 2.81. The third-order valence-corrected chi connectivity index (χ3v) is 3.49. The highest BCUT2D eigenvalue weighted by Crippen LogP contribution is 2.25. The smallest absolute Gasteiger partial charge is 0.334 e. The highest BCUT2D eigenvalue weighted by atomic mass is 32.1. The van der Waals surface area contributed by atoms with E-state index in [0.717, 1.165) is 10.4 Å². The fourth-order valence-electron chi connectivity index (χ4n) is 1.69. The maximum Gasteiger partial charge on any atom is 0.334 e. The van der Waals surface area contributed by atoms with Gasteiger partial charge in [0.1, 0.15) is 6.10 Å². The van der Waals surface area contributed by atoms with Gasteiger partial charge in [0.05, 0.1) is 5.57 Å². The van der Waals surface area contributed by atoms with Gasteiger partial charge in [-0.3, -0.25) is 4.98 Å². The fourth-order valence-corrected chi connectivity index (χ4v) is 2.36. The van der Waals surface area contributed by atoms with Crippen LogP contribution in [0.2, 0.25) is 0 Å². The van der Waals surface area contributed by atoms with Crippen molar-refractivity contribution in [1.82, 2.24) is 4.98 Å². The Kier molecular flexibility index (Phi) is 4.09. The molecule has 5 heteroatoms. The zero-order chi connectivity index (χ0) is 13.8. The summed E-state index contributed by atoms with van der Waals surface area (Å²) >= 11 is 1.53. The van der Waals surface area contributed by atoms with E-state index in [1.807, 2.05) is 18.4 Å². The molecule has 0 saturated heterocycles. The maximum atomic E-state index is 11.3. The van der Waals surface area contributed by atoms with Gasteiger partial charge in [-0.1, -0.05) is 6.07 Å². The number of rotatable bonds is 4. The Bertz CT molecular complexity index is 604. The van der Waals surface area contributed by atoms with Gasteiger partial charge in [-0.15, -0.1) is 11.3 Å². The van der Waals surface area contributed by atoms with Crippen LogP contribution in [0.3, 0.4) is 0 Å². The largest absolute Gasteiger partial charge is 0.478 e. The first-order chi connectivity index (χ1) is 9.08. The first kappa shape index (κ1) is 13.5. The van der Waals surface area contributed by atoms with Crippen molar-refractivity contribution in [2.45, 2.75) is 13.0 Å². The van der Waals surface area contributed by atoms with Crippen molar-refractivity contribution in [3.8, 4) is 0 Å². The predicted octanol–water partition coefficient (Wildman–Crippen LogP) is 2.65. The molecule has 0 bridgehead atoms. The van der Waals surface area contributed by atoms with Gasteiger partial charge in [-0.25, -0.2) is 4.79 Å². The van der Waals surface area contributed by atoms with Crippen molar-refractivity contribution in [2.24, 2.45) is 0 Å². The molecule has 0 spiro atoms. The molecule has 0 aromatic carbocycles. The normalized spacial score (nSPS) is 13.3. The number of pyridine rings is 1. The van der Waals surface area contributed by atoms with Gasteiger partial charge in [0.25, 0.3) is 0 Å². The molecule has 2 aromatic rings. The second kappa shape index (κ2) is 5.77. The fraction of sp³-hybridized carbons (Fsp3) is 0.143. The minimum Gasteiger partial charge on any atom is -0.478 e. The highest BCUT2D eigenvalue weighted by molar-refractivity contribution is 7.10. The van der Waals surface area contributed by atoms with E-state index in [2.05, 4.69) is 4.98 Å². The summed E-state index contributed by atoms with van der Waals surface area (Å²) in [5.41, 5.74) is 1.18. The Morgan fingerprint density at radius 2 is 2.32 bits per heavy atom. The molecule has 0 radical (unpaired) electrons. The first-order valence-electron chi connectivity index (χ1n) is 5.66. The predicted molar refractivity (Wildman–Crippen MR) is 73.9 cm³/mol. The van der Waals surface area contributed by atoms with E-state index in [1.165, 1.54) is 23.6 Å². The van der Waals surface area contributed by atoms with E-state index in [0.29, 0.717) is 5.56 Å². The molecular weight excluding hydrogens is 262 g/mol. The number of aromatic nitrogens is 1. The molecule has 2 heterocycles. The van der Waals surface area contributed by atoms with Crippen molar-refractivity contribution >= 4 is 23.4 Å². The Morgan fingerprint density at radius 1 is 1.53 bits per heavy atom. The summed E-state index contributed by atoms with van der Waals surface area (Å²) in [4.78, 5) is 16.3. The lowest BCUT2D eigenvalue weighted by Gasteiger charge is -2.11. The van der Waals surface area contributed by atoms with Crippen molar-refractivity contribution in [2.75, 3.05) is 0 Å². The molecule has 1 atom stereocenters. The zero-order valence-corrected chi connectivity index (χ0v) is 11.1. The summed E-state index contributed by atoms with van der Waals surface area (Å²) in [7, 11) is 0. The molecule has 19 heavy (non-hydrogen) atoms. The third-order valence-electron chi connectivity index (χ3n) is 2.61. The molecule has 0 aliphatic carbocycles. The van der Waals surface area contributed by atoms with Gasteiger partial charge in [0.15, 0.2) is 0 Å².